The maximum Gasteiger partial charge on any atom is 0.254 e. The van der Waals surface area contributed by atoms with Crippen LogP contribution in [0.1, 0.15) is 21.8 Å². The second kappa shape index (κ2) is 7.90. The standard InChI is InChI=1S/C21H20N4O2S/c1-14-23-24-20(28-14)17-7-2-5-15(11-17)16-6-3-8-18(12-16)21(27)25-10-4-9-22-19(26)13-25/h2-3,5-8,11-12H,4,9-10,13H2,1H3,(H,22,26). The molecule has 0 saturated carbocycles. The Morgan fingerprint density at radius 3 is 2.61 bits per heavy atom. The summed E-state index contributed by atoms with van der Waals surface area (Å²) in [5.74, 6) is -0.225. The highest BCUT2D eigenvalue weighted by Gasteiger charge is 2.21. The number of carbonyl (C=O) groups excluding carboxylic acids is 2. The zero-order valence-electron chi connectivity index (χ0n) is 15.5. The van der Waals surface area contributed by atoms with Gasteiger partial charge in [0.05, 0.1) is 6.54 Å². The van der Waals surface area contributed by atoms with Gasteiger partial charge in [0.2, 0.25) is 5.91 Å². The van der Waals surface area contributed by atoms with Gasteiger partial charge in [-0.1, -0.05) is 41.7 Å². The van der Waals surface area contributed by atoms with Gasteiger partial charge in [0, 0.05) is 24.2 Å². The third-order valence-electron chi connectivity index (χ3n) is 4.63. The summed E-state index contributed by atoms with van der Waals surface area (Å²) in [5, 5.41) is 12.9. The van der Waals surface area contributed by atoms with E-state index in [1.807, 2.05) is 43.3 Å². The summed E-state index contributed by atoms with van der Waals surface area (Å²) in [6.07, 6.45) is 0.764. The zero-order chi connectivity index (χ0) is 19.5. The predicted octanol–water partition coefficient (Wildman–Crippen LogP) is 3.14. The van der Waals surface area contributed by atoms with Crippen molar-refractivity contribution in [2.75, 3.05) is 19.6 Å². The van der Waals surface area contributed by atoms with Gasteiger partial charge in [-0.05, 0) is 42.7 Å². The van der Waals surface area contributed by atoms with E-state index in [2.05, 4.69) is 21.6 Å². The van der Waals surface area contributed by atoms with Crippen LogP contribution in [0.4, 0.5) is 0 Å². The molecular formula is C21H20N4O2S. The predicted molar refractivity (Wildman–Crippen MR) is 109 cm³/mol. The molecule has 0 bridgehead atoms. The summed E-state index contributed by atoms with van der Waals surface area (Å²) in [5.41, 5.74) is 3.55. The molecule has 142 valence electrons. The number of nitrogens with zero attached hydrogens (tertiary/aromatic N) is 3. The lowest BCUT2D eigenvalue weighted by molar-refractivity contribution is -0.121. The monoisotopic (exact) mass is 392 g/mol. The van der Waals surface area contributed by atoms with Crippen LogP contribution < -0.4 is 5.32 Å². The van der Waals surface area contributed by atoms with Crippen molar-refractivity contribution in [2.24, 2.45) is 0 Å². The van der Waals surface area contributed by atoms with E-state index in [0.717, 1.165) is 33.1 Å². The maximum atomic E-state index is 12.9. The third-order valence-corrected chi connectivity index (χ3v) is 5.51. The highest BCUT2D eigenvalue weighted by atomic mass is 32.1. The fraction of sp³-hybridized carbons (Fsp3) is 0.238. The normalized spacial score (nSPS) is 14.5. The Morgan fingerprint density at radius 2 is 1.82 bits per heavy atom. The van der Waals surface area contributed by atoms with Gasteiger partial charge in [-0.25, -0.2) is 0 Å². The summed E-state index contributed by atoms with van der Waals surface area (Å²) < 4.78 is 0. The van der Waals surface area contributed by atoms with E-state index in [9.17, 15) is 9.59 Å². The topological polar surface area (TPSA) is 75.2 Å². The first-order valence-corrected chi connectivity index (χ1v) is 9.99. The van der Waals surface area contributed by atoms with Crippen LogP contribution in [0.5, 0.6) is 0 Å². The molecule has 0 spiro atoms. The van der Waals surface area contributed by atoms with Crippen molar-refractivity contribution < 1.29 is 9.59 Å². The Bertz CT molecular complexity index is 1030. The fourth-order valence-corrected chi connectivity index (χ4v) is 3.93. The van der Waals surface area contributed by atoms with E-state index in [4.69, 9.17) is 0 Å². The molecule has 1 aliphatic rings. The molecule has 0 unspecified atom stereocenters. The van der Waals surface area contributed by atoms with Crippen molar-refractivity contribution in [1.82, 2.24) is 20.4 Å². The summed E-state index contributed by atoms with van der Waals surface area (Å²) in [4.78, 5) is 26.3. The summed E-state index contributed by atoms with van der Waals surface area (Å²) in [6.45, 7) is 3.23. The first kappa shape index (κ1) is 18.3. The molecule has 1 saturated heterocycles. The minimum Gasteiger partial charge on any atom is -0.354 e. The van der Waals surface area contributed by atoms with Crippen LogP contribution in [0.2, 0.25) is 0 Å². The molecule has 4 rings (SSSR count). The molecule has 7 heteroatoms. The molecule has 28 heavy (non-hydrogen) atoms. The van der Waals surface area contributed by atoms with Gasteiger partial charge in [0.25, 0.3) is 5.91 Å². The molecule has 3 aromatic rings. The van der Waals surface area contributed by atoms with Crippen LogP contribution in [0, 0.1) is 6.92 Å². The van der Waals surface area contributed by atoms with E-state index in [1.165, 1.54) is 0 Å². The summed E-state index contributed by atoms with van der Waals surface area (Å²) >= 11 is 1.55. The number of hydrogen-bond donors (Lipinski definition) is 1. The lowest BCUT2D eigenvalue weighted by Gasteiger charge is -2.19. The number of hydrogen-bond acceptors (Lipinski definition) is 5. The van der Waals surface area contributed by atoms with Crippen LogP contribution in [0.25, 0.3) is 21.7 Å². The van der Waals surface area contributed by atoms with Crippen LogP contribution in [0.15, 0.2) is 48.5 Å². The Kier molecular flexibility index (Phi) is 5.16. The second-order valence-electron chi connectivity index (χ2n) is 6.72. The van der Waals surface area contributed by atoms with Gasteiger partial charge >= 0.3 is 0 Å². The van der Waals surface area contributed by atoms with Crippen LogP contribution in [0.3, 0.4) is 0 Å². The summed E-state index contributed by atoms with van der Waals surface area (Å²) in [7, 11) is 0. The van der Waals surface area contributed by atoms with Crippen molar-refractivity contribution in [3.63, 3.8) is 0 Å². The van der Waals surface area contributed by atoms with Crippen LogP contribution >= 0.6 is 11.3 Å². The van der Waals surface area contributed by atoms with E-state index in [0.29, 0.717) is 18.7 Å². The van der Waals surface area contributed by atoms with Crippen molar-refractivity contribution in [1.29, 1.82) is 0 Å². The van der Waals surface area contributed by atoms with E-state index >= 15 is 0 Å². The molecular weight excluding hydrogens is 372 g/mol. The number of benzene rings is 2. The molecule has 6 nitrogen and oxygen atoms in total. The first-order chi connectivity index (χ1) is 13.6. The number of nitrogens with one attached hydrogen (secondary N) is 1. The third kappa shape index (κ3) is 3.94. The van der Waals surface area contributed by atoms with Crippen molar-refractivity contribution >= 4 is 23.2 Å². The summed E-state index contributed by atoms with van der Waals surface area (Å²) in [6, 6.07) is 15.6. The highest BCUT2D eigenvalue weighted by molar-refractivity contribution is 7.14. The number of rotatable bonds is 3. The Balaban J connectivity index is 1.62. The van der Waals surface area contributed by atoms with Gasteiger partial charge < -0.3 is 10.2 Å². The average Bonchev–Trinajstić information content (AvgIpc) is 3.04. The molecule has 1 fully saturated rings. The number of carbonyl (C=O) groups is 2. The molecule has 1 aromatic heterocycles. The Labute approximate surface area is 167 Å². The first-order valence-electron chi connectivity index (χ1n) is 9.17. The Morgan fingerprint density at radius 1 is 1.07 bits per heavy atom. The van der Waals surface area contributed by atoms with Gasteiger partial charge in [-0.3, -0.25) is 9.59 Å². The lowest BCUT2D eigenvalue weighted by atomic mass is 10.0. The average molecular weight is 392 g/mol. The number of aromatic nitrogens is 2. The van der Waals surface area contributed by atoms with E-state index < -0.39 is 0 Å². The van der Waals surface area contributed by atoms with Gasteiger partial charge in [-0.15, -0.1) is 10.2 Å². The van der Waals surface area contributed by atoms with E-state index in [1.54, 1.807) is 22.3 Å². The van der Waals surface area contributed by atoms with Crippen molar-refractivity contribution in [3.05, 3.63) is 59.1 Å². The minimum absolute atomic E-state index is 0.106. The minimum atomic E-state index is -0.116. The molecule has 1 aliphatic heterocycles. The molecule has 2 aromatic carbocycles. The molecule has 0 aliphatic carbocycles. The maximum absolute atomic E-state index is 12.9. The Hall–Kier alpha value is -3.06. The van der Waals surface area contributed by atoms with Crippen LogP contribution in [-0.2, 0) is 4.79 Å². The molecule has 0 radical (unpaired) electrons. The zero-order valence-corrected chi connectivity index (χ0v) is 16.3. The fourth-order valence-electron chi connectivity index (χ4n) is 3.24. The SMILES string of the molecule is Cc1nnc(-c2cccc(-c3cccc(C(=O)N4CCCNC(=O)C4)c3)c2)s1. The molecule has 2 amide bonds. The highest BCUT2D eigenvalue weighted by Crippen LogP contribution is 2.28. The second-order valence-corrected chi connectivity index (χ2v) is 7.90. The molecule has 1 N–H and O–H groups in total. The number of aryl methyl sites for hydroxylation is 1. The quantitative estimate of drug-likeness (QED) is 0.743. The lowest BCUT2D eigenvalue weighted by Crippen LogP contribution is -2.37. The number of amides is 2. The van der Waals surface area contributed by atoms with Gasteiger partial charge in [0.1, 0.15) is 10.0 Å². The van der Waals surface area contributed by atoms with Crippen molar-refractivity contribution in [3.8, 4) is 21.7 Å². The van der Waals surface area contributed by atoms with Gasteiger partial charge in [0.15, 0.2) is 0 Å². The largest absolute Gasteiger partial charge is 0.354 e. The smallest absolute Gasteiger partial charge is 0.254 e. The van der Waals surface area contributed by atoms with E-state index in [-0.39, 0.29) is 18.4 Å². The molecule has 2 heterocycles. The van der Waals surface area contributed by atoms with Crippen molar-refractivity contribution in [2.45, 2.75) is 13.3 Å². The van der Waals surface area contributed by atoms with Crippen LogP contribution in [-0.4, -0.2) is 46.5 Å². The van der Waals surface area contributed by atoms with Gasteiger partial charge in [-0.2, -0.15) is 0 Å². The molecule has 0 atom stereocenters.